The van der Waals surface area contributed by atoms with E-state index in [1.807, 2.05) is 26.8 Å². The molecule has 10 heteroatoms. The Hall–Kier alpha value is -3.19. The van der Waals surface area contributed by atoms with Crippen molar-refractivity contribution in [3.8, 4) is 6.07 Å². The maximum Gasteiger partial charge on any atom is 0.408 e. The number of rotatable bonds is 2. The first-order valence-electron chi connectivity index (χ1n) is 11.3. The summed E-state index contributed by atoms with van der Waals surface area (Å²) in [4.78, 5) is 24.1. The van der Waals surface area contributed by atoms with Crippen LogP contribution in [0.2, 0.25) is 0 Å². The van der Waals surface area contributed by atoms with Gasteiger partial charge in [-0.25, -0.2) is 14.8 Å². The number of aromatic amines is 1. The van der Waals surface area contributed by atoms with E-state index in [-0.39, 0.29) is 17.6 Å². The highest BCUT2D eigenvalue weighted by Gasteiger charge is 2.49. The predicted octanol–water partition coefficient (Wildman–Crippen LogP) is 4.40. The molecule has 2 aromatic heterocycles. The Kier molecular flexibility index (Phi) is 5.47. The number of benzene rings is 1. The van der Waals surface area contributed by atoms with Crippen molar-refractivity contribution in [2.45, 2.75) is 51.7 Å². The molecule has 1 atom stereocenters. The molecule has 1 saturated heterocycles. The molecular formula is C24H26BrN7O2. The van der Waals surface area contributed by atoms with Crippen LogP contribution in [0.15, 0.2) is 28.9 Å². The third kappa shape index (κ3) is 3.98. The standard InChI is InChI=1S/C24H26BrN7O2/c1-23(2,3)34-22(33)28-18-15-7-5-4-6-14(15)12-24(18)8-10-32(11-9-24)21-19(25)27-17-16(13-26)30-31-20(17)29-21/h4-7,18H,8-12H2,1-3H3,(H,28,33)(H,29,30,31)/t18-/m1/s1. The van der Waals surface area contributed by atoms with E-state index >= 15 is 0 Å². The lowest BCUT2D eigenvalue weighted by atomic mass is 9.72. The molecule has 1 aliphatic heterocycles. The number of anilines is 1. The number of piperidine rings is 1. The van der Waals surface area contributed by atoms with Crippen molar-refractivity contribution < 1.29 is 9.53 Å². The SMILES string of the molecule is CC(C)(C)OC(=O)N[C@@H]1c2ccccc2CC12CCN(c1nc3n[nH]c(C#N)c3nc1Br)CC2. The van der Waals surface area contributed by atoms with E-state index in [0.29, 0.717) is 27.3 Å². The Labute approximate surface area is 206 Å². The zero-order chi connectivity index (χ0) is 24.1. The quantitative estimate of drug-likeness (QED) is 0.510. The van der Waals surface area contributed by atoms with Crippen molar-refractivity contribution in [3.63, 3.8) is 0 Å². The molecule has 176 valence electrons. The maximum absolute atomic E-state index is 12.7. The van der Waals surface area contributed by atoms with Crippen molar-refractivity contribution in [1.29, 1.82) is 5.26 Å². The molecule has 9 nitrogen and oxygen atoms in total. The number of H-pyrrole nitrogens is 1. The van der Waals surface area contributed by atoms with E-state index in [2.05, 4.69) is 70.6 Å². The van der Waals surface area contributed by atoms with Gasteiger partial charge in [0, 0.05) is 18.5 Å². The van der Waals surface area contributed by atoms with Crippen molar-refractivity contribution in [3.05, 3.63) is 45.7 Å². The highest BCUT2D eigenvalue weighted by molar-refractivity contribution is 9.10. The van der Waals surface area contributed by atoms with Crippen LogP contribution in [0.25, 0.3) is 11.2 Å². The van der Waals surface area contributed by atoms with Crippen LogP contribution in [0.3, 0.4) is 0 Å². The molecule has 1 spiro atoms. The van der Waals surface area contributed by atoms with E-state index in [4.69, 9.17) is 4.74 Å². The van der Waals surface area contributed by atoms with Crippen LogP contribution in [0.5, 0.6) is 0 Å². The summed E-state index contributed by atoms with van der Waals surface area (Å²) in [5.41, 5.74) is 2.98. The summed E-state index contributed by atoms with van der Waals surface area (Å²) < 4.78 is 6.18. The summed E-state index contributed by atoms with van der Waals surface area (Å²) >= 11 is 3.53. The minimum atomic E-state index is -0.556. The molecule has 1 aliphatic carbocycles. The molecular weight excluding hydrogens is 498 g/mol. The molecule has 3 aromatic rings. The number of amides is 1. The van der Waals surface area contributed by atoms with Crippen molar-refractivity contribution in [2.75, 3.05) is 18.0 Å². The third-order valence-corrected chi connectivity index (χ3v) is 7.21. The first-order chi connectivity index (χ1) is 16.2. The number of ether oxygens (including phenoxy) is 1. The molecule has 1 aromatic carbocycles. The van der Waals surface area contributed by atoms with Crippen LogP contribution in [0.1, 0.15) is 56.5 Å². The number of alkyl carbamates (subject to hydrolysis) is 1. The van der Waals surface area contributed by atoms with Crippen LogP contribution < -0.4 is 10.2 Å². The van der Waals surface area contributed by atoms with E-state index in [9.17, 15) is 10.1 Å². The van der Waals surface area contributed by atoms with Gasteiger partial charge in [-0.1, -0.05) is 24.3 Å². The summed E-state index contributed by atoms with van der Waals surface area (Å²) in [5.74, 6) is 0.713. The van der Waals surface area contributed by atoms with Gasteiger partial charge in [0.15, 0.2) is 11.5 Å². The topological polar surface area (TPSA) is 120 Å². The Balaban J connectivity index is 1.39. The average Bonchev–Trinajstić information content (AvgIpc) is 3.31. The van der Waals surface area contributed by atoms with Crippen LogP contribution in [-0.2, 0) is 11.2 Å². The summed E-state index contributed by atoms with van der Waals surface area (Å²) in [6.45, 7) is 7.14. The lowest BCUT2D eigenvalue weighted by Gasteiger charge is -2.44. The molecule has 0 saturated carbocycles. The number of hydrogen-bond acceptors (Lipinski definition) is 7. The van der Waals surface area contributed by atoms with Gasteiger partial charge in [0.05, 0.1) is 6.04 Å². The number of nitrogens with zero attached hydrogens (tertiary/aromatic N) is 5. The molecule has 34 heavy (non-hydrogen) atoms. The summed E-state index contributed by atoms with van der Waals surface area (Å²) in [6, 6.07) is 10.3. The Morgan fingerprint density at radius 2 is 2.03 bits per heavy atom. The van der Waals surface area contributed by atoms with Gasteiger partial charge in [-0.3, -0.25) is 5.10 Å². The van der Waals surface area contributed by atoms with Crippen LogP contribution in [0, 0.1) is 16.7 Å². The normalized spacial score (nSPS) is 19.1. The number of fused-ring (bicyclic) bond motifs is 2. The third-order valence-electron chi connectivity index (χ3n) is 6.68. The van der Waals surface area contributed by atoms with Crippen LogP contribution in [-0.4, -0.2) is 44.9 Å². The maximum atomic E-state index is 12.7. The molecule has 5 rings (SSSR count). The molecule has 1 fully saturated rings. The van der Waals surface area contributed by atoms with Gasteiger partial charge in [-0.2, -0.15) is 10.4 Å². The number of nitriles is 1. The second-order valence-corrected chi connectivity index (χ2v) is 10.8. The zero-order valence-corrected chi connectivity index (χ0v) is 20.9. The summed E-state index contributed by atoms with van der Waals surface area (Å²) in [7, 11) is 0. The Morgan fingerprint density at radius 3 is 2.74 bits per heavy atom. The van der Waals surface area contributed by atoms with Crippen LogP contribution >= 0.6 is 15.9 Å². The van der Waals surface area contributed by atoms with E-state index < -0.39 is 5.60 Å². The van der Waals surface area contributed by atoms with Crippen LogP contribution in [0.4, 0.5) is 10.6 Å². The lowest BCUT2D eigenvalue weighted by Crippen LogP contribution is -2.48. The fraction of sp³-hybridized carbons (Fsp3) is 0.458. The zero-order valence-electron chi connectivity index (χ0n) is 19.4. The minimum Gasteiger partial charge on any atom is -0.444 e. The smallest absolute Gasteiger partial charge is 0.408 e. The highest BCUT2D eigenvalue weighted by Crippen LogP contribution is 2.52. The van der Waals surface area contributed by atoms with Gasteiger partial charge in [0.2, 0.25) is 5.65 Å². The molecule has 2 aliphatic rings. The first kappa shape index (κ1) is 22.6. The van der Waals surface area contributed by atoms with E-state index in [0.717, 1.165) is 32.4 Å². The fourth-order valence-electron chi connectivity index (χ4n) is 5.16. The van der Waals surface area contributed by atoms with Gasteiger partial charge in [0.1, 0.15) is 21.8 Å². The molecule has 0 bridgehead atoms. The van der Waals surface area contributed by atoms with Gasteiger partial charge in [0.25, 0.3) is 0 Å². The first-order valence-corrected chi connectivity index (χ1v) is 12.1. The molecule has 0 unspecified atom stereocenters. The van der Waals surface area contributed by atoms with E-state index in [1.54, 1.807) is 0 Å². The van der Waals surface area contributed by atoms with Gasteiger partial charge >= 0.3 is 6.09 Å². The van der Waals surface area contributed by atoms with Crippen molar-refractivity contribution in [2.24, 2.45) is 5.41 Å². The predicted molar refractivity (Wildman–Crippen MR) is 130 cm³/mol. The van der Waals surface area contributed by atoms with Gasteiger partial charge in [-0.15, -0.1) is 0 Å². The van der Waals surface area contributed by atoms with Crippen molar-refractivity contribution in [1.82, 2.24) is 25.5 Å². The summed E-state index contributed by atoms with van der Waals surface area (Å²) in [5, 5.41) is 19.2. The number of carbonyl (C=O) groups excluding carboxylic acids is 1. The number of hydrogen-bond donors (Lipinski definition) is 2. The largest absolute Gasteiger partial charge is 0.444 e. The molecule has 3 heterocycles. The van der Waals surface area contributed by atoms with Gasteiger partial charge < -0.3 is 15.0 Å². The molecule has 1 amide bonds. The fourth-order valence-corrected chi connectivity index (χ4v) is 5.67. The Morgan fingerprint density at radius 1 is 1.29 bits per heavy atom. The number of aromatic nitrogens is 4. The summed E-state index contributed by atoms with van der Waals surface area (Å²) in [6.07, 6.45) is 2.27. The highest BCUT2D eigenvalue weighted by atomic mass is 79.9. The monoisotopic (exact) mass is 523 g/mol. The van der Waals surface area contributed by atoms with E-state index in [1.165, 1.54) is 11.1 Å². The average molecular weight is 524 g/mol. The Bertz CT molecular complexity index is 1300. The van der Waals surface area contributed by atoms with Crippen molar-refractivity contribution >= 4 is 39.0 Å². The molecule has 2 N–H and O–H groups in total. The number of nitrogens with one attached hydrogen (secondary N) is 2. The van der Waals surface area contributed by atoms with Gasteiger partial charge in [-0.05, 0) is 67.1 Å². The number of carbonyl (C=O) groups is 1. The second-order valence-electron chi connectivity index (χ2n) is 10.0. The minimum absolute atomic E-state index is 0.0958. The second kappa shape index (κ2) is 8.24. The lowest BCUT2D eigenvalue weighted by molar-refractivity contribution is 0.0428. The number of halogens is 1. The molecule has 0 radical (unpaired) electrons.